The van der Waals surface area contributed by atoms with E-state index >= 15 is 0 Å². The molecule has 0 aliphatic rings. The fraction of sp³-hybridized carbons (Fsp3) is 0.263. The number of esters is 1. The Morgan fingerprint density at radius 2 is 1.75 bits per heavy atom. The number of aryl methyl sites for hydroxylation is 1. The molecule has 0 aliphatic carbocycles. The molecule has 4 nitrogen and oxygen atoms in total. The maximum Gasteiger partial charge on any atom is 0.306 e. The highest BCUT2D eigenvalue weighted by atomic mass is 79.9. The highest BCUT2D eigenvalue weighted by molar-refractivity contribution is 9.10. The SMILES string of the molecule is COc1ccc(C)cc1COC(=O)CCC(=O)c1ccc(Br)cc1. The standard InChI is InChI=1S/C19H19BrO4/c1-13-3-9-18(23-2)15(11-13)12-24-19(22)10-8-17(21)14-4-6-16(20)7-5-14/h3-7,9,11H,8,10,12H2,1-2H3. The Balaban J connectivity index is 1.84. The number of ketones is 1. The lowest BCUT2D eigenvalue weighted by Gasteiger charge is -2.10. The average molecular weight is 391 g/mol. The largest absolute Gasteiger partial charge is 0.496 e. The van der Waals surface area contributed by atoms with Gasteiger partial charge in [-0.3, -0.25) is 9.59 Å². The quantitative estimate of drug-likeness (QED) is 0.516. The Morgan fingerprint density at radius 1 is 1.04 bits per heavy atom. The maximum atomic E-state index is 12.0. The monoisotopic (exact) mass is 390 g/mol. The van der Waals surface area contributed by atoms with Crippen LogP contribution in [0.3, 0.4) is 0 Å². The van der Waals surface area contributed by atoms with Crippen LogP contribution in [-0.4, -0.2) is 18.9 Å². The fourth-order valence-corrected chi connectivity index (χ4v) is 2.51. The van der Waals surface area contributed by atoms with Crippen molar-refractivity contribution >= 4 is 27.7 Å². The molecule has 0 aromatic heterocycles. The minimum atomic E-state index is -0.399. The van der Waals surface area contributed by atoms with Crippen LogP contribution in [0.25, 0.3) is 0 Å². The van der Waals surface area contributed by atoms with E-state index in [9.17, 15) is 9.59 Å². The van der Waals surface area contributed by atoms with Crippen LogP contribution in [0.5, 0.6) is 5.75 Å². The van der Waals surface area contributed by atoms with E-state index in [-0.39, 0.29) is 25.2 Å². The van der Waals surface area contributed by atoms with Crippen molar-refractivity contribution in [1.29, 1.82) is 0 Å². The molecule has 0 saturated heterocycles. The Labute approximate surface area is 149 Å². The third-order valence-corrected chi connectivity index (χ3v) is 4.08. The summed E-state index contributed by atoms with van der Waals surface area (Å²) in [7, 11) is 1.58. The van der Waals surface area contributed by atoms with Crippen LogP contribution in [-0.2, 0) is 16.1 Å². The summed E-state index contributed by atoms with van der Waals surface area (Å²) >= 11 is 3.32. The zero-order valence-electron chi connectivity index (χ0n) is 13.7. The normalized spacial score (nSPS) is 10.3. The topological polar surface area (TPSA) is 52.6 Å². The number of halogens is 1. The van der Waals surface area contributed by atoms with Crippen LogP contribution < -0.4 is 4.74 Å². The Bertz CT molecular complexity index is 723. The Hall–Kier alpha value is -2.14. The van der Waals surface area contributed by atoms with E-state index in [4.69, 9.17) is 9.47 Å². The van der Waals surface area contributed by atoms with Crippen molar-refractivity contribution in [2.45, 2.75) is 26.4 Å². The summed E-state index contributed by atoms with van der Waals surface area (Å²) in [4.78, 5) is 23.9. The highest BCUT2D eigenvalue weighted by Crippen LogP contribution is 2.20. The van der Waals surface area contributed by atoms with Gasteiger partial charge in [0.05, 0.1) is 13.5 Å². The van der Waals surface area contributed by atoms with E-state index in [2.05, 4.69) is 15.9 Å². The van der Waals surface area contributed by atoms with Crippen molar-refractivity contribution in [3.05, 3.63) is 63.6 Å². The van der Waals surface area contributed by atoms with Crippen LogP contribution in [0.4, 0.5) is 0 Å². The fourth-order valence-electron chi connectivity index (χ4n) is 2.25. The number of Topliss-reactive ketones (excluding diaryl/α,β-unsaturated/α-hetero) is 1. The molecule has 0 fully saturated rings. The van der Waals surface area contributed by atoms with E-state index in [1.54, 1.807) is 31.4 Å². The molecule has 126 valence electrons. The molecule has 0 aliphatic heterocycles. The second kappa shape index (κ2) is 8.64. The summed E-state index contributed by atoms with van der Waals surface area (Å²) in [5.41, 5.74) is 2.46. The van der Waals surface area contributed by atoms with Crippen LogP contribution in [0.15, 0.2) is 46.9 Å². The van der Waals surface area contributed by atoms with E-state index < -0.39 is 5.97 Å². The zero-order chi connectivity index (χ0) is 17.5. The van der Waals surface area contributed by atoms with Gasteiger partial charge in [-0.25, -0.2) is 0 Å². The molecule has 0 bridgehead atoms. The van der Waals surface area contributed by atoms with E-state index in [0.717, 1.165) is 15.6 Å². The molecule has 0 amide bonds. The van der Waals surface area contributed by atoms with Gasteiger partial charge in [0.15, 0.2) is 5.78 Å². The van der Waals surface area contributed by atoms with Crippen LogP contribution in [0, 0.1) is 6.92 Å². The minimum Gasteiger partial charge on any atom is -0.496 e. The Morgan fingerprint density at radius 3 is 2.42 bits per heavy atom. The van der Waals surface area contributed by atoms with Gasteiger partial charge in [-0.1, -0.05) is 39.7 Å². The summed E-state index contributed by atoms with van der Waals surface area (Å²) in [5, 5.41) is 0. The molecule has 0 N–H and O–H groups in total. The van der Waals surface area contributed by atoms with Crippen molar-refractivity contribution in [3.8, 4) is 5.75 Å². The van der Waals surface area contributed by atoms with Crippen LogP contribution >= 0.6 is 15.9 Å². The lowest BCUT2D eigenvalue weighted by molar-refractivity contribution is -0.144. The molecular formula is C19H19BrO4. The minimum absolute atomic E-state index is 0.0586. The number of methoxy groups -OCH3 is 1. The van der Waals surface area contributed by atoms with Crippen molar-refractivity contribution in [3.63, 3.8) is 0 Å². The molecule has 0 saturated carbocycles. The van der Waals surface area contributed by atoms with Crippen LogP contribution in [0.2, 0.25) is 0 Å². The van der Waals surface area contributed by atoms with Gasteiger partial charge in [-0.05, 0) is 31.2 Å². The number of carbonyl (C=O) groups excluding carboxylic acids is 2. The molecule has 0 atom stereocenters. The molecule has 24 heavy (non-hydrogen) atoms. The molecule has 5 heteroatoms. The number of benzene rings is 2. The second-order valence-electron chi connectivity index (χ2n) is 5.41. The summed E-state index contributed by atoms with van der Waals surface area (Å²) in [6, 6.07) is 12.8. The molecule has 2 aromatic rings. The van der Waals surface area contributed by atoms with E-state index in [0.29, 0.717) is 11.3 Å². The number of ether oxygens (including phenoxy) is 2. The molecular weight excluding hydrogens is 372 g/mol. The number of hydrogen-bond acceptors (Lipinski definition) is 4. The van der Waals surface area contributed by atoms with Crippen molar-refractivity contribution in [2.75, 3.05) is 7.11 Å². The van der Waals surface area contributed by atoms with Crippen molar-refractivity contribution < 1.29 is 19.1 Å². The van der Waals surface area contributed by atoms with Gasteiger partial charge in [-0.2, -0.15) is 0 Å². The summed E-state index contributed by atoms with van der Waals surface area (Å²) in [5.74, 6) is 0.205. The molecule has 0 unspecified atom stereocenters. The highest BCUT2D eigenvalue weighted by Gasteiger charge is 2.12. The average Bonchev–Trinajstić information content (AvgIpc) is 2.58. The molecule has 0 spiro atoms. The molecule has 2 aromatic carbocycles. The van der Waals surface area contributed by atoms with Gasteiger partial charge in [0.25, 0.3) is 0 Å². The third kappa shape index (κ3) is 5.20. The Kier molecular flexibility index (Phi) is 6.55. The maximum absolute atomic E-state index is 12.0. The van der Waals surface area contributed by atoms with Gasteiger partial charge >= 0.3 is 5.97 Å². The van der Waals surface area contributed by atoms with Gasteiger partial charge < -0.3 is 9.47 Å². The van der Waals surface area contributed by atoms with E-state index in [1.165, 1.54) is 0 Å². The molecule has 0 radical (unpaired) electrons. The van der Waals surface area contributed by atoms with Gasteiger partial charge in [0, 0.05) is 22.0 Å². The molecule has 2 rings (SSSR count). The first-order valence-electron chi connectivity index (χ1n) is 7.57. The lowest BCUT2D eigenvalue weighted by atomic mass is 10.1. The van der Waals surface area contributed by atoms with E-state index in [1.807, 2.05) is 25.1 Å². The first-order chi connectivity index (χ1) is 11.5. The summed E-state index contributed by atoms with van der Waals surface area (Å²) in [6.45, 7) is 2.10. The molecule has 0 heterocycles. The van der Waals surface area contributed by atoms with Crippen molar-refractivity contribution in [2.24, 2.45) is 0 Å². The predicted molar refractivity (Wildman–Crippen MR) is 95.2 cm³/mol. The first kappa shape index (κ1) is 18.2. The number of carbonyl (C=O) groups is 2. The van der Waals surface area contributed by atoms with Gasteiger partial charge in [-0.15, -0.1) is 0 Å². The second-order valence-corrected chi connectivity index (χ2v) is 6.32. The number of rotatable bonds is 7. The van der Waals surface area contributed by atoms with Crippen LogP contribution in [0.1, 0.15) is 34.3 Å². The third-order valence-electron chi connectivity index (χ3n) is 3.55. The number of hydrogen-bond donors (Lipinski definition) is 0. The summed E-state index contributed by atoms with van der Waals surface area (Å²) < 4.78 is 11.4. The van der Waals surface area contributed by atoms with Gasteiger partial charge in [0.2, 0.25) is 0 Å². The smallest absolute Gasteiger partial charge is 0.306 e. The summed E-state index contributed by atoms with van der Waals surface area (Å²) in [6.07, 6.45) is 0.189. The van der Waals surface area contributed by atoms with Crippen molar-refractivity contribution in [1.82, 2.24) is 0 Å². The predicted octanol–water partition coefficient (Wildman–Crippen LogP) is 4.47. The van der Waals surface area contributed by atoms with Gasteiger partial charge in [0.1, 0.15) is 12.4 Å². The first-order valence-corrected chi connectivity index (χ1v) is 8.37. The lowest BCUT2D eigenvalue weighted by Crippen LogP contribution is -2.09. The zero-order valence-corrected chi connectivity index (χ0v) is 15.3.